The SMILES string of the molecule is C[C@]12CCC(=O)C=C1C=C[C@@H]1[C@@H]2CC[C@]2(C)C(=O)C(S(=O)(=O)c3ccccc3)C[C@@H]12. The van der Waals surface area contributed by atoms with E-state index >= 15 is 0 Å². The molecule has 0 saturated heterocycles. The van der Waals surface area contributed by atoms with Gasteiger partial charge in [0, 0.05) is 11.8 Å². The lowest BCUT2D eigenvalue weighted by Crippen LogP contribution is -2.49. The molecule has 4 aliphatic rings. The molecular formula is C25H28O4S. The molecule has 0 aliphatic heterocycles. The van der Waals surface area contributed by atoms with Crippen molar-refractivity contribution in [2.24, 2.45) is 28.6 Å². The van der Waals surface area contributed by atoms with Crippen LogP contribution in [0.4, 0.5) is 0 Å². The number of sulfone groups is 1. The summed E-state index contributed by atoms with van der Waals surface area (Å²) in [5.41, 5.74) is 0.454. The molecule has 0 radical (unpaired) electrons. The first kappa shape index (κ1) is 19.9. The molecule has 1 aromatic rings. The lowest BCUT2D eigenvalue weighted by atomic mass is 9.49. The van der Waals surface area contributed by atoms with Crippen LogP contribution in [-0.4, -0.2) is 25.2 Å². The number of hydrogen-bond acceptors (Lipinski definition) is 4. The number of carbonyl (C=O) groups is 2. The highest BCUT2D eigenvalue weighted by atomic mass is 32.2. The van der Waals surface area contributed by atoms with E-state index < -0.39 is 20.5 Å². The standard InChI is InChI=1S/C25H28O4S/c1-24-12-10-17(26)14-16(24)8-9-19-20(24)11-13-25(2)21(19)15-22(23(25)27)30(28,29)18-6-4-3-5-7-18/h3-9,14,19-22H,10-13,15H2,1-2H3/t19-,20+,21+,22?,24+,25+/m1/s1. The summed E-state index contributed by atoms with van der Waals surface area (Å²) in [6.07, 6.45) is 9.47. The zero-order valence-corrected chi connectivity index (χ0v) is 18.3. The number of carbonyl (C=O) groups excluding carboxylic acids is 2. The molecule has 1 unspecified atom stereocenters. The highest BCUT2D eigenvalue weighted by Crippen LogP contribution is 2.63. The van der Waals surface area contributed by atoms with Crippen LogP contribution in [0.5, 0.6) is 0 Å². The number of allylic oxidation sites excluding steroid dienone is 4. The van der Waals surface area contributed by atoms with E-state index in [9.17, 15) is 18.0 Å². The van der Waals surface area contributed by atoms with E-state index in [4.69, 9.17) is 0 Å². The van der Waals surface area contributed by atoms with E-state index in [1.807, 2.05) is 6.92 Å². The van der Waals surface area contributed by atoms with Gasteiger partial charge < -0.3 is 0 Å². The van der Waals surface area contributed by atoms with E-state index in [1.54, 1.807) is 36.4 Å². The highest BCUT2D eigenvalue weighted by Gasteiger charge is 2.62. The Morgan fingerprint density at radius 2 is 1.70 bits per heavy atom. The first-order valence-electron chi connectivity index (χ1n) is 10.9. The minimum Gasteiger partial charge on any atom is -0.298 e. The fourth-order valence-corrected chi connectivity index (χ4v) is 8.69. The van der Waals surface area contributed by atoms with Crippen LogP contribution in [0.15, 0.2) is 59.0 Å². The van der Waals surface area contributed by atoms with Gasteiger partial charge >= 0.3 is 0 Å². The smallest absolute Gasteiger partial charge is 0.188 e. The lowest BCUT2D eigenvalue weighted by Gasteiger charge is -2.54. The van der Waals surface area contributed by atoms with Crippen LogP contribution in [-0.2, 0) is 19.4 Å². The van der Waals surface area contributed by atoms with Crippen molar-refractivity contribution in [3.63, 3.8) is 0 Å². The number of fused-ring (bicyclic) bond motifs is 5. The van der Waals surface area contributed by atoms with E-state index in [1.165, 1.54) is 0 Å². The molecule has 6 atom stereocenters. The molecule has 1 aromatic carbocycles. The average Bonchev–Trinajstić information content (AvgIpc) is 3.01. The largest absolute Gasteiger partial charge is 0.298 e. The van der Waals surface area contributed by atoms with E-state index in [0.29, 0.717) is 18.8 Å². The molecule has 5 heteroatoms. The fourth-order valence-electron chi connectivity index (χ4n) is 6.81. The summed E-state index contributed by atoms with van der Waals surface area (Å²) in [4.78, 5) is 25.7. The van der Waals surface area contributed by atoms with Crippen LogP contribution in [0, 0.1) is 28.6 Å². The quantitative estimate of drug-likeness (QED) is 0.709. The maximum Gasteiger partial charge on any atom is 0.188 e. The second kappa shape index (κ2) is 6.49. The summed E-state index contributed by atoms with van der Waals surface area (Å²) in [6, 6.07) is 8.38. The number of hydrogen-bond donors (Lipinski definition) is 0. The zero-order chi connectivity index (χ0) is 21.3. The molecule has 0 amide bonds. The van der Waals surface area contributed by atoms with E-state index in [2.05, 4.69) is 19.1 Å². The molecule has 5 rings (SSSR count). The Morgan fingerprint density at radius 1 is 0.967 bits per heavy atom. The first-order valence-corrected chi connectivity index (χ1v) is 12.5. The van der Waals surface area contributed by atoms with Crippen LogP contribution in [0.2, 0.25) is 0 Å². The summed E-state index contributed by atoms with van der Waals surface area (Å²) < 4.78 is 26.7. The Kier molecular flexibility index (Phi) is 4.31. The van der Waals surface area contributed by atoms with Crippen LogP contribution in [0.1, 0.15) is 46.0 Å². The van der Waals surface area contributed by atoms with Gasteiger partial charge in [0.2, 0.25) is 0 Å². The Hall–Kier alpha value is -2.01. The van der Waals surface area contributed by atoms with Crippen molar-refractivity contribution in [2.45, 2.75) is 56.1 Å². The summed E-state index contributed by atoms with van der Waals surface area (Å²) in [5.74, 6) is 0.647. The van der Waals surface area contributed by atoms with Crippen molar-refractivity contribution in [3.8, 4) is 0 Å². The number of rotatable bonds is 2. The van der Waals surface area contributed by atoms with Crippen molar-refractivity contribution in [2.75, 3.05) is 0 Å². The Morgan fingerprint density at radius 3 is 2.43 bits per heavy atom. The minimum atomic E-state index is -3.70. The van der Waals surface area contributed by atoms with E-state index in [0.717, 1.165) is 24.8 Å². The van der Waals surface area contributed by atoms with Gasteiger partial charge in [-0.2, -0.15) is 0 Å². The molecule has 0 aromatic heterocycles. The predicted molar refractivity (Wildman–Crippen MR) is 114 cm³/mol. The maximum atomic E-state index is 13.5. The topological polar surface area (TPSA) is 68.3 Å². The highest BCUT2D eigenvalue weighted by molar-refractivity contribution is 7.92. The normalized spacial score (nSPS) is 40.4. The van der Waals surface area contributed by atoms with Gasteiger partial charge in [-0.1, -0.05) is 44.2 Å². The van der Waals surface area contributed by atoms with Gasteiger partial charge in [0.05, 0.1) is 4.90 Å². The summed E-state index contributed by atoms with van der Waals surface area (Å²) in [7, 11) is -3.70. The van der Waals surface area contributed by atoms with Gasteiger partial charge in [-0.25, -0.2) is 8.42 Å². The van der Waals surface area contributed by atoms with Gasteiger partial charge in [-0.15, -0.1) is 0 Å². The van der Waals surface area contributed by atoms with Crippen LogP contribution < -0.4 is 0 Å². The van der Waals surface area contributed by atoms with Gasteiger partial charge in [-0.3, -0.25) is 9.59 Å². The Labute approximate surface area is 178 Å². The summed E-state index contributed by atoms with van der Waals surface area (Å²) >= 11 is 0. The maximum absolute atomic E-state index is 13.5. The average molecular weight is 425 g/mol. The number of Topliss-reactive ketones (excluding diaryl/α,β-unsaturated/α-hetero) is 1. The number of ketones is 2. The molecule has 4 nitrogen and oxygen atoms in total. The van der Waals surface area contributed by atoms with Crippen molar-refractivity contribution < 1.29 is 18.0 Å². The molecule has 0 N–H and O–H groups in total. The Balaban J connectivity index is 1.54. The molecule has 2 saturated carbocycles. The molecule has 2 fully saturated rings. The van der Waals surface area contributed by atoms with E-state index in [-0.39, 0.29) is 33.7 Å². The zero-order valence-electron chi connectivity index (χ0n) is 17.5. The molecule has 0 heterocycles. The molecule has 4 aliphatic carbocycles. The van der Waals surface area contributed by atoms with Crippen LogP contribution in [0.3, 0.4) is 0 Å². The molecule has 0 bridgehead atoms. The number of benzene rings is 1. The second-order valence-corrected chi connectivity index (χ2v) is 12.2. The van der Waals surface area contributed by atoms with Crippen molar-refractivity contribution in [1.82, 2.24) is 0 Å². The fraction of sp³-hybridized carbons (Fsp3) is 0.520. The third kappa shape index (κ3) is 2.60. The summed E-state index contributed by atoms with van der Waals surface area (Å²) in [5, 5.41) is -0.959. The molecular weight excluding hydrogens is 396 g/mol. The van der Waals surface area contributed by atoms with Gasteiger partial charge in [0.25, 0.3) is 0 Å². The first-order chi connectivity index (χ1) is 14.2. The third-order valence-electron chi connectivity index (χ3n) is 8.67. The lowest BCUT2D eigenvalue weighted by molar-refractivity contribution is -0.130. The summed E-state index contributed by atoms with van der Waals surface area (Å²) in [6.45, 7) is 4.24. The van der Waals surface area contributed by atoms with Crippen molar-refractivity contribution >= 4 is 21.4 Å². The van der Waals surface area contributed by atoms with Gasteiger partial charge in [-0.05, 0) is 72.6 Å². The molecule has 30 heavy (non-hydrogen) atoms. The third-order valence-corrected chi connectivity index (χ3v) is 10.8. The second-order valence-electron chi connectivity index (χ2n) is 10.0. The van der Waals surface area contributed by atoms with Gasteiger partial charge in [0.1, 0.15) is 5.25 Å². The molecule has 0 spiro atoms. The van der Waals surface area contributed by atoms with Crippen molar-refractivity contribution in [1.29, 1.82) is 0 Å². The molecule has 158 valence electrons. The van der Waals surface area contributed by atoms with Crippen LogP contribution in [0.25, 0.3) is 0 Å². The predicted octanol–water partition coefficient (Wildman–Crippen LogP) is 4.32. The van der Waals surface area contributed by atoms with Gasteiger partial charge in [0.15, 0.2) is 21.4 Å². The monoisotopic (exact) mass is 424 g/mol. The Bertz CT molecular complexity index is 1080. The van der Waals surface area contributed by atoms with Crippen LogP contribution >= 0.6 is 0 Å². The minimum absolute atomic E-state index is 0.0273. The van der Waals surface area contributed by atoms with Crippen molar-refractivity contribution in [3.05, 3.63) is 54.1 Å².